The number of amides is 1. The van der Waals surface area contributed by atoms with Gasteiger partial charge >= 0.3 is 18.9 Å². The van der Waals surface area contributed by atoms with Gasteiger partial charge in [0.2, 0.25) is 6.09 Å². The maximum Gasteiger partial charge on any atom is 1.00 e. The number of carbonyl (C=O) groups excluding carboxylic acids is 1. The molecule has 3 nitrogen and oxygen atoms in total. The predicted octanol–water partition coefficient (Wildman–Crippen LogP) is 1.19. The Hall–Kier alpha value is -1.17. The standard InChI is InChI=1S/C13H17NO2.Li/c1-3-4-8-11(2)16-13(15)14-12-9-6-5-7-10-12;/h4-11H,3H2,1-2H3,(H,14,15);/q;+1/p-1/b8-4+;. The van der Waals surface area contributed by atoms with E-state index in [9.17, 15) is 4.79 Å². The van der Waals surface area contributed by atoms with Gasteiger partial charge in [0.05, 0.1) is 0 Å². The van der Waals surface area contributed by atoms with Gasteiger partial charge in [0.1, 0.15) is 6.10 Å². The van der Waals surface area contributed by atoms with Crippen molar-refractivity contribution in [3.63, 3.8) is 0 Å². The van der Waals surface area contributed by atoms with Crippen molar-refractivity contribution in [3.05, 3.63) is 47.8 Å². The molecule has 0 bridgehead atoms. The van der Waals surface area contributed by atoms with Crippen LogP contribution in [0.2, 0.25) is 0 Å². The van der Waals surface area contributed by atoms with E-state index in [-0.39, 0.29) is 25.0 Å². The summed E-state index contributed by atoms with van der Waals surface area (Å²) in [6.07, 6.45) is 3.94. The van der Waals surface area contributed by atoms with E-state index in [0.29, 0.717) is 5.69 Å². The molecule has 86 valence electrons. The molecule has 0 aliphatic rings. The maximum absolute atomic E-state index is 11.4. The molecule has 0 radical (unpaired) electrons. The third-order valence-corrected chi connectivity index (χ3v) is 1.91. The summed E-state index contributed by atoms with van der Waals surface area (Å²) in [6.45, 7) is 3.84. The summed E-state index contributed by atoms with van der Waals surface area (Å²) in [7, 11) is 0. The average molecular weight is 225 g/mol. The quantitative estimate of drug-likeness (QED) is 0.570. The first kappa shape index (κ1) is 15.8. The van der Waals surface area contributed by atoms with Gasteiger partial charge in [-0.15, -0.1) is 5.69 Å². The van der Waals surface area contributed by atoms with Crippen molar-refractivity contribution in [1.29, 1.82) is 0 Å². The number of nitrogens with zero attached hydrogens (tertiary/aromatic N) is 1. The van der Waals surface area contributed by atoms with Crippen LogP contribution in [-0.2, 0) is 4.74 Å². The van der Waals surface area contributed by atoms with Crippen LogP contribution in [0.3, 0.4) is 0 Å². The smallest absolute Gasteiger partial charge is 0.591 e. The van der Waals surface area contributed by atoms with Gasteiger partial charge in [-0.2, -0.15) is 0 Å². The monoisotopic (exact) mass is 225 g/mol. The molecule has 1 amide bonds. The van der Waals surface area contributed by atoms with Gasteiger partial charge in [0.15, 0.2) is 0 Å². The molecular weight excluding hydrogens is 209 g/mol. The Labute approximate surface area is 114 Å². The summed E-state index contributed by atoms with van der Waals surface area (Å²) in [5.74, 6) is 0. The number of carbonyl (C=O) groups is 1. The summed E-state index contributed by atoms with van der Waals surface area (Å²) in [5, 5.41) is 3.81. The van der Waals surface area contributed by atoms with Gasteiger partial charge in [0, 0.05) is 0 Å². The van der Waals surface area contributed by atoms with Gasteiger partial charge in [-0.3, -0.25) is 4.79 Å². The first-order chi connectivity index (χ1) is 7.72. The van der Waals surface area contributed by atoms with Gasteiger partial charge in [-0.05, 0) is 19.4 Å². The molecule has 0 fully saturated rings. The van der Waals surface area contributed by atoms with Gasteiger partial charge in [0.25, 0.3) is 0 Å². The van der Waals surface area contributed by atoms with Gasteiger partial charge in [-0.1, -0.05) is 43.3 Å². The minimum atomic E-state index is -0.556. The number of benzene rings is 1. The predicted molar refractivity (Wildman–Crippen MR) is 64.8 cm³/mol. The molecule has 0 spiro atoms. The summed E-state index contributed by atoms with van der Waals surface area (Å²) in [5.41, 5.74) is 0.610. The van der Waals surface area contributed by atoms with Crippen LogP contribution in [0.5, 0.6) is 0 Å². The molecule has 1 rings (SSSR count). The Morgan fingerprint density at radius 1 is 1.41 bits per heavy atom. The number of rotatable bonds is 4. The fourth-order valence-corrected chi connectivity index (χ4v) is 1.16. The van der Waals surface area contributed by atoms with Crippen LogP contribution >= 0.6 is 0 Å². The van der Waals surface area contributed by atoms with Crippen LogP contribution < -0.4 is 18.9 Å². The van der Waals surface area contributed by atoms with E-state index in [1.807, 2.05) is 44.2 Å². The number of hydrogen-bond acceptors (Lipinski definition) is 2. The molecule has 1 atom stereocenters. The van der Waals surface area contributed by atoms with E-state index >= 15 is 0 Å². The molecule has 0 heterocycles. The topological polar surface area (TPSA) is 40.4 Å². The SMILES string of the molecule is CC/C=C/C(C)OC(=O)[N-]c1ccccc1.[Li+]. The van der Waals surface area contributed by atoms with Crippen molar-refractivity contribution >= 4 is 11.8 Å². The van der Waals surface area contributed by atoms with E-state index in [2.05, 4.69) is 5.32 Å². The van der Waals surface area contributed by atoms with Gasteiger partial charge in [-0.25, -0.2) is 0 Å². The fraction of sp³-hybridized carbons (Fsp3) is 0.308. The van der Waals surface area contributed by atoms with Crippen LogP contribution in [0, 0.1) is 0 Å². The Balaban J connectivity index is 0.00000256. The van der Waals surface area contributed by atoms with E-state index < -0.39 is 6.09 Å². The Morgan fingerprint density at radius 3 is 2.65 bits per heavy atom. The zero-order chi connectivity index (χ0) is 11.8. The van der Waals surface area contributed by atoms with E-state index in [4.69, 9.17) is 4.74 Å². The number of para-hydroxylation sites is 1. The van der Waals surface area contributed by atoms with Crippen molar-refractivity contribution < 1.29 is 28.4 Å². The first-order valence-electron chi connectivity index (χ1n) is 5.36. The molecule has 0 saturated heterocycles. The molecule has 1 aromatic rings. The van der Waals surface area contributed by atoms with Crippen molar-refractivity contribution in [1.82, 2.24) is 0 Å². The Bertz CT molecular complexity index is 352. The third kappa shape index (κ3) is 6.88. The first-order valence-corrected chi connectivity index (χ1v) is 5.36. The van der Waals surface area contributed by atoms with E-state index in [1.165, 1.54) is 0 Å². The summed E-state index contributed by atoms with van der Waals surface area (Å²) in [4.78, 5) is 11.4. The molecule has 0 aliphatic heterocycles. The molecule has 0 saturated carbocycles. The minimum absolute atomic E-state index is 0. The Kier molecular flexibility index (Phi) is 8.30. The molecule has 17 heavy (non-hydrogen) atoms. The molecule has 0 aliphatic carbocycles. The third-order valence-electron chi connectivity index (χ3n) is 1.91. The van der Waals surface area contributed by atoms with E-state index in [0.717, 1.165) is 6.42 Å². The molecule has 4 heteroatoms. The molecule has 1 aromatic carbocycles. The van der Waals surface area contributed by atoms with Crippen molar-refractivity contribution in [2.45, 2.75) is 26.4 Å². The van der Waals surface area contributed by atoms with E-state index in [1.54, 1.807) is 12.1 Å². The molecule has 1 unspecified atom stereocenters. The van der Waals surface area contributed by atoms with Crippen molar-refractivity contribution in [3.8, 4) is 0 Å². The summed E-state index contributed by atoms with van der Waals surface area (Å²) >= 11 is 0. The number of allylic oxidation sites excluding steroid dienone is 1. The van der Waals surface area contributed by atoms with Crippen molar-refractivity contribution in [2.24, 2.45) is 0 Å². The summed E-state index contributed by atoms with van der Waals surface area (Å²) in [6, 6.07) is 9.04. The Morgan fingerprint density at radius 2 is 2.06 bits per heavy atom. The largest absolute Gasteiger partial charge is 1.00 e. The van der Waals surface area contributed by atoms with Crippen LogP contribution in [-0.4, -0.2) is 12.2 Å². The minimum Gasteiger partial charge on any atom is -0.591 e. The molecular formula is C13H16LiNO2. The zero-order valence-electron chi connectivity index (χ0n) is 10.6. The zero-order valence-corrected chi connectivity index (χ0v) is 10.6. The average Bonchev–Trinajstić information content (AvgIpc) is 2.27. The van der Waals surface area contributed by atoms with Crippen LogP contribution in [0.25, 0.3) is 5.32 Å². The molecule has 0 N–H and O–H groups in total. The van der Waals surface area contributed by atoms with Gasteiger partial charge < -0.3 is 10.1 Å². The summed E-state index contributed by atoms with van der Waals surface area (Å²) < 4.78 is 5.06. The second-order valence-electron chi connectivity index (χ2n) is 3.37. The van der Waals surface area contributed by atoms with Crippen LogP contribution in [0.4, 0.5) is 10.5 Å². The van der Waals surface area contributed by atoms with Crippen LogP contribution in [0.15, 0.2) is 42.5 Å². The molecule has 0 aromatic heterocycles. The normalized spacial score (nSPS) is 11.6. The number of hydrogen-bond donors (Lipinski definition) is 0. The maximum atomic E-state index is 11.4. The van der Waals surface area contributed by atoms with Crippen molar-refractivity contribution in [2.75, 3.05) is 0 Å². The van der Waals surface area contributed by atoms with Crippen LogP contribution in [0.1, 0.15) is 20.3 Å². The second-order valence-corrected chi connectivity index (χ2v) is 3.37. The fourth-order valence-electron chi connectivity index (χ4n) is 1.16. The second kappa shape index (κ2) is 8.92. The number of ether oxygens (including phenoxy) is 1.